The highest BCUT2D eigenvalue weighted by Gasteiger charge is 2.34. The standard InChI is InChI=1S/C12H21NO/c1-4-9(2)12-10(3)14-8-7-13(12)11-5-6-11/h9,11H,4-8H2,1-3H3. The molecule has 14 heavy (non-hydrogen) atoms. The van der Waals surface area contributed by atoms with Gasteiger partial charge in [-0.3, -0.25) is 0 Å². The van der Waals surface area contributed by atoms with Crippen molar-refractivity contribution >= 4 is 0 Å². The molecule has 0 aromatic rings. The molecule has 0 aromatic carbocycles. The van der Waals surface area contributed by atoms with Crippen LogP contribution in [0.4, 0.5) is 0 Å². The van der Waals surface area contributed by atoms with E-state index >= 15 is 0 Å². The normalized spacial score (nSPS) is 24.9. The fourth-order valence-electron chi connectivity index (χ4n) is 2.28. The first kappa shape index (κ1) is 9.88. The fourth-order valence-corrected chi connectivity index (χ4v) is 2.28. The molecule has 80 valence electrons. The van der Waals surface area contributed by atoms with Gasteiger partial charge >= 0.3 is 0 Å². The zero-order chi connectivity index (χ0) is 10.1. The molecular formula is C12H21NO. The van der Waals surface area contributed by atoms with Gasteiger partial charge in [0.05, 0.1) is 12.2 Å². The summed E-state index contributed by atoms with van der Waals surface area (Å²) in [5, 5.41) is 0. The summed E-state index contributed by atoms with van der Waals surface area (Å²) in [5.74, 6) is 1.81. The predicted octanol–water partition coefficient (Wildman–Crippen LogP) is 2.76. The Bertz CT molecular complexity index is 243. The molecule has 1 saturated carbocycles. The molecule has 0 N–H and O–H groups in total. The van der Waals surface area contributed by atoms with Crippen molar-refractivity contribution in [1.82, 2.24) is 4.90 Å². The Balaban J connectivity index is 2.18. The van der Waals surface area contributed by atoms with Crippen LogP contribution in [0.25, 0.3) is 0 Å². The Kier molecular flexibility index (Phi) is 2.71. The summed E-state index contributed by atoms with van der Waals surface area (Å²) in [7, 11) is 0. The van der Waals surface area contributed by atoms with Gasteiger partial charge in [0.15, 0.2) is 0 Å². The van der Waals surface area contributed by atoms with E-state index in [1.807, 2.05) is 0 Å². The van der Waals surface area contributed by atoms with E-state index in [0.29, 0.717) is 5.92 Å². The van der Waals surface area contributed by atoms with Crippen molar-refractivity contribution in [2.45, 2.75) is 46.1 Å². The maximum Gasteiger partial charge on any atom is 0.112 e. The summed E-state index contributed by atoms with van der Waals surface area (Å²) in [4.78, 5) is 2.59. The molecule has 0 aromatic heterocycles. The summed E-state index contributed by atoms with van der Waals surface area (Å²) in [5.41, 5.74) is 1.47. The van der Waals surface area contributed by atoms with Crippen LogP contribution in [0.1, 0.15) is 40.0 Å². The van der Waals surface area contributed by atoms with E-state index in [1.54, 1.807) is 0 Å². The van der Waals surface area contributed by atoms with Crippen molar-refractivity contribution in [3.8, 4) is 0 Å². The first-order valence-corrected chi connectivity index (χ1v) is 5.84. The third kappa shape index (κ3) is 1.75. The number of hydrogen-bond acceptors (Lipinski definition) is 2. The van der Waals surface area contributed by atoms with Gasteiger partial charge in [-0.2, -0.15) is 0 Å². The monoisotopic (exact) mass is 195 g/mol. The fraction of sp³-hybridized carbons (Fsp3) is 0.833. The van der Waals surface area contributed by atoms with E-state index in [1.165, 1.54) is 25.0 Å². The van der Waals surface area contributed by atoms with Gasteiger partial charge in [0.2, 0.25) is 0 Å². The molecule has 0 amide bonds. The van der Waals surface area contributed by atoms with E-state index in [4.69, 9.17) is 4.74 Å². The van der Waals surface area contributed by atoms with Crippen LogP contribution >= 0.6 is 0 Å². The van der Waals surface area contributed by atoms with Gasteiger partial charge in [0.1, 0.15) is 12.4 Å². The van der Waals surface area contributed by atoms with E-state index in [2.05, 4.69) is 25.7 Å². The first-order valence-electron chi connectivity index (χ1n) is 5.84. The molecule has 1 aliphatic carbocycles. The first-order chi connectivity index (χ1) is 6.74. The van der Waals surface area contributed by atoms with Crippen LogP contribution in [-0.2, 0) is 4.74 Å². The van der Waals surface area contributed by atoms with Crippen molar-refractivity contribution in [1.29, 1.82) is 0 Å². The van der Waals surface area contributed by atoms with Gasteiger partial charge in [-0.1, -0.05) is 13.8 Å². The minimum atomic E-state index is 0.649. The SMILES string of the molecule is CCC(C)C1=C(C)OCCN1C1CC1. The number of rotatable bonds is 3. The smallest absolute Gasteiger partial charge is 0.112 e. The molecule has 1 heterocycles. The van der Waals surface area contributed by atoms with Crippen LogP contribution in [0.15, 0.2) is 11.5 Å². The predicted molar refractivity (Wildman–Crippen MR) is 57.8 cm³/mol. The van der Waals surface area contributed by atoms with Crippen molar-refractivity contribution in [2.24, 2.45) is 5.92 Å². The van der Waals surface area contributed by atoms with Gasteiger partial charge in [-0.05, 0) is 32.1 Å². The van der Waals surface area contributed by atoms with Crippen molar-refractivity contribution < 1.29 is 4.74 Å². The minimum absolute atomic E-state index is 0.649. The van der Waals surface area contributed by atoms with Crippen molar-refractivity contribution in [2.75, 3.05) is 13.2 Å². The molecule has 2 rings (SSSR count). The highest BCUT2D eigenvalue weighted by Crippen LogP contribution is 2.36. The molecule has 1 fully saturated rings. The summed E-state index contributed by atoms with van der Waals surface area (Å²) in [6, 6.07) is 0.831. The average Bonchev–Trinajstić information content (AvgIpc) is 2.99. The lowest BCUT2D eigenvalue weighted by atomic mass is 10.0. The topological polar surface area (TPSA) is 12.5 Å². The van der Waals surface area contributed by atoms with Gasteiger partial charge in [-0.15, -0.1) is 0 Å². The molecule has 0 saturated heterocycles. The molecular weight excluding hydrogens is 174 g/mol. The highest BCUT2D eigenvalue weighted by atomic mass is 16.5. The quantitative estimate of drug-likeness (QED) is 0.686. The molecule has 1 atom stereocenters. The number of nitrogens with zero attached hydrogens (tertiary/aromatic N) is 1. The van der Waals surface area contributed by atoms with E-state index < -0.39 is 0 Å². The van der Waals surface area contributed by atoms with Crippen LogP contribution in [0.2, 0.25) is 0 Å². The Hall–Kier alpha value is -0.660. The molecule has 0 radical (unpaired) electrons. The Morgan fingerprint density at radius 3 is 2.79 bits per heavy atom. The summed E-state index contributed by atoms with van der Waals surface area (Å²) < 4.78 is 5.66. The molecule has 0 spiro atoms. The maximum absolute atomic E-state index is 5.66. The summed E-state index contributed by atoms with van der Waals surface area (Å²) in [6.07, 6.45) is 3.97. The lowest BCUT2D eigenvalue weighted by Crippen LogP contribution is -2.36. The molecule has 1 aliphatic heterocycles. The van der Waals surface area contributed by atoms with Gasteiger partial charge in [0.25, 0.3) is 0 Å². The lowest BCUT2D eigenvalue weighted by molar-refractivity contribution is 0.113. The van der Waals surface area contributed by atoms with E-state index in [0.717, 1.165) is 25.0 Å². The van der Waals surface area contributed by atoms with Gasteiger partial charge < -0.3 is 9.64 Å². The summed E-state index contributed by atoms with van der Waals surface area (Å²) >= 11 is 0. The second-order valence-corrected chi connectivity index (χ2v) is 4.52. The largest absolute Gasteiger partial charge is 0.495 e. The second kappa shape index (κ2) is 3.84. The lowest BCUT2D eigenvalue weighted by Gasteiger charge is -2.36. The zero-order valence-electron chi connectivity index (χ0n) is 9.55. The van der Waals surface area contributed by atoms with Crippen molar-refractivity contribution in [3.05, 3.63) is 11.5 Å². The van der Waals surface area contributed by atoms with Crippen LogP contribution in [0.3, 0.4) is 0 Å². The van der Waals surface area contributed by atoms with E-state index in [-0.39, 0.29) is 0 Å². The van der Waals surface area contributed by atoms with Crippen LogP contribution in [-0.4, -0.2) is 24.1 Å². The van der Waals surface area contributed by atoms with Crippen molar-refractivity contribution in [3.63, 3.8) is 0 Å². The highest BCUT2D eigenvalue weighted by molar-refractivity contribution is 5.14. The second-order valence-electron chi connectivity index (χ2n) is 4.52. The van der Waals surface area contributed by atoms with Crippen LogP contribution < -0.4 is 0 Å². The molecule has 2 heteroatoms. The Morgan fingerprint density at radius 2 is 2.21 bits per heavy atom. The third-order valence-corrected chi connectivity index (χ3v) is 3.39. The minimum Gasteiger partial charge on any atom is -0.495 e. The van der Waals surface area contributed by atoms with Crippen LogP contribution in [0.5, 0.6) is 0 Å². The maximum atomic E-state index is 5.66. The number of hydrogen-bond donors (Lipinski definition) is 0. The Morgan fingerprint density at radius 1 is 1.50 bits per heavy atom. The Labute approximate surface area is 86.9 Å². The average molecular weight is 195 g/mol. The molecule has 0 bridgehead atoms. The van der Waals surface area contributed by atoms with Gasteiger partial charge in [-0.25, -0.2) is 0 Å². The van der Waals surface area contributed by atoms with Gasteiger partial charge in [0, 0.05) is 6.04 Å². The molecule has 1 unspecified atom stereocenters. The summed E-state index contributed by atoms with van der Waals surface area (Å²) in [6.45, 7) is 8.66. The molecule has 2 nitrogen and oxygen atoms in total. The van der Waals surface area contributed by atoms with Crippen LogP contribution in [0, 0.1) is 5.92 Å². The molecule has 2 aliphatic rings. The van der Waals surface area contributed by atoms with E-state index in [9.17, 15) is 0 Å². The number of ether oxygens (including phenoxy) is 1. The zero-order valence-corrected chi connectivity index (χ0v) is 9.55. The number of allylic oxidation sites excluding steroid dienone is 2. The third-order valence-electron chi connectivity index (χ3n) is 3.39.